The van der Waals surface area contributed by atoms with Crippen LogP contribution in [-0.4, -0.2) is 21.3 Å². The van der Waals surface area contributed by atoms with Crippen LogP contribution in [0.4, 0.5) is 0 Å². The second-order valence-corrected chi connectivity index (χ2v) is 4.76. The highest BCUT2D eigenvalue weighted by atomic mass is 16.4. The van der Waals surface area contributed by atoms with Crippen LogP contribution >= 0.6 is 0 Å². The summed E-state index contributed by atoms with van der Waals surface area (Å²) in [6.45, 7) is 1.68. The van der Waals surface area contributed by atoms with Crippen molar-refractivity contribution in [3.05, 3.63) is 45.6 Å². The Kier molecular flexibility index (Phi) is 2.62. The number of phenols is 2. The van der Waals surface area contributed by atoms with Gasteiger partial charge in [0.05, 0.1) is 10.9 Å². The van der Waals surface area contributed by atoms with Gasteiger partial charge in [-0.05, 0) is 24.6 Å². The van der Waals surface area contributed by atoms with Crippen molar-refractivity contribution in [1.29, 1.82) is 0 Å². The second kappa shape index (κ2) is 4.24. The molecule has 0 radical (unpaired) electrons. The average molecular weight is 286 g/mol. The van der Waals surface area contributed by atoms with Gasteiger partial charge >= 0.3 is 5.97 Å². The normalized spacial score (nSPS) is 11.1. The maximum absolute atomic E-state index is 12.5. The van der Waals surface area contributed by atoms with Crippen molar-refractivity contribution in [2.45, 2.75) is 6.92 Å². The molecule has 0 saturated heterocycles. The second-order valence-electron chi connectivity index (χ2n) is 4.76. The van der Waals surface area contributed by atoms with Gasteiger partial charge in [-0.25, -0.2) is 4.79 Å². The Morgan fingerprint density at radius 3 is 2.38 bits per heavy atom. The summed E-state index contributed by atoms with van der Waals surface area (Å²) in [6, 6.07) is 5.09. The van der Waals surface area contributed by atoms with Crippen LogP contribution in [0.5, 0.6) is 11.5 Å². The molecule has 3 rings (SSSR count). The number of hydrogen-bond donors (Lipinski definition) is 3. The van der Waals surface area contributed by atoms with E-state index in [1.165, 1.54) is 18.2 Å². The van der Waals surface area contributed by atoms with Crippen molar-refractivity contribution in [2.24, 2.45) is 0 Å². The molecule has 6 nitrogen and oxygen atoms in total. The highest BCUT2D eigenvalue weighted by molar-refractivity contribution is 6.05. The first-order chi connectivity index (χ1) is 9.88. The quantitative estimate of drug-likeness (QED) is 0.593. The van der Waals surface area contributed by atoms with E-state index in [9.17, 15) is 24.9 Å². The van der Waals surface area contributed by atoms with Crippen molar-refractivity contribution >= 4 is 27.9 Å². The molecule has 0 spiro atoms. The third-order valence-electron chi connectivity index (χ3n) is 3.22. The van der Waals surface area contributed by atoms with E-state index in [0.717, 1.165) is 6.07 Å². The number of aromatic carboxylic acids is 1. The number of carboxylic acid groups (broad SMARTS) is 1. The summed E-state index contributed by atoms with van der Waals surface area (Å²) >= 11 is 0. The minimum absolute atomic E-state index is 0.00746. The molecule has 0 bridgehead atoms. The Morgan fingerprint density at radius 1 is 1.05 bits per heavy atom. The standard InChI is InChI=1S/C15H10O6/c1-6-2-8(15(19)20)12-10(3-6)21-11-5-7(16)4-9(17)13(11)14(12)18/h2-5,16-17H,1H3,(H,19,20). The van der Waals surface area contributed by atoms with Gasteiger partial charge in [0, 0.05) is 12.1 Å². The lowest BCUT2D eigenvalue weighted by Gasteiger charge is -2.07. The first-order valence-electron chi connectivity index (χ1n) is 6.05. The van der Waals surface area contributed by atoms with Crippen LogP contribution in [0.2, 0.25) is 0 Å². The van der Waals surface area contributed by atoms with Crippen LogP contribution in [0.25, 0.3) is 21.9 Å². The van der Waals surface area contributed by atoms with Gasteiger partial charge in [-0.15, -0.1) is 0 Å². The third-order valence-corrected chi connectivity index (χ3v) is 3.22. The molecule has 0 aliphatic rings. The SMILES string of the molecule is Cc1cc(C(=O)O)c2c(=O)c3c(O)cc(O)cc3oc2c1. The number of rotatable bonds is 1. The van der Waals surface area contributed by atoms with Crippen LogP contribution in [0.15, 0.2) is 33.5 Å². The lowest BCUT2D eigenvalue weighted by molar-refractivity contribution is 0.0698. The van der Waals surface area contributed by atoms with Gasteiger partial charge in [-0.3, -0.25) is 4.79 Å². The molecule has 0 atom stereocenters. The summed E-state index contributed by atoms with van der Waals surface area (Å²) < 4.78 is 5.48. The number of aromatic hydroxyl groups is 2. The van der Waals surface area contributed by atoms with E-state index < -0.39 is 17.1 Å². The predicted octanol–water partition coefficient (Wildman–Crippen LogP) is 2.36. The highest BCUT2D eigenvalue weighted by Gasteiger charge is 2.19. The number of aryl methyl sites for hydroxylation is 1. The summed E-state index contributed by atoms with van der Waals surface area (Å²) in [6.07, 6.45) is 0. The lowest BCUT2D eigenvalue weighted by Crippen LogP contribution is -2.09. The smallest absolute Gasteiger partial charge is 0.336 e. The monoisotopic (exact) mass is 286 g/mol. The van der Waals surface area contributed by atoms with Gasteiger partial charge in [0.25, 0.3) is 0 Å². The number of benzene rings is 2. The third kappa shape index (κ3) is 1.88. The molecule has 21 heavy (non-hydrogen) atoms. The Morgan fingerprint density at radius 2 is 1.71 bits per heavy atom. The van der Waals surface area contributed by atoms with Crippen LogP contribution in [0, 0.1) is 6.92 Å². The molecule has 1 heterocycles. The zero-order chi connectivity index (χ0) is 15.3. The molecular weight excluding hydrogens is 276 g/mol. The molecule has 3 N–H and O–H groups in total. The largest absolute Gasteiger partial charge is 0.508 e. The average Bonchev–Trinajstić information content (AvgIpc) is 2.36. The molecule has 0 saturated carbocycles. The van der Waals surface area contributed by atoms with Crippen LogP contribution in [-0.2, 0) is 0 Å². The van der Waals surface area contributed by atoms with Gasteiger partial charge in [-0.2, -0.15) is 0 Å². The number of fused-ring (bicyclic) bond motifs is 2. The Bertz CT molecular complexity index is 967. The van der Waals surface area contributed by atoms with E-state index in [0.29, 0.717) is 5.56 Å². The van der Waals surface area contributed by atoms with Crippen LogP contribution in [0.3, 0.4) is 0 Å². The van der Waals surface area contributed by atoms with Crippen molar-refractivity contribution in [2.75, 3.05) is 0 Å². The summed E-state index contributed by atoms with van der Waals surface area (Å²) in [5.74, 6) is -1.97. The van der Waals surface area contributed by atoms with Crippen LogP contribution in [0.1, 0.15) is 15.9 Å². The maximum Gasteiger partial charge on any atom is 0.336 e. The lowest BCUT2D eigenvalue weighted by atomic mass is 10.0. The van der Waals surface area contributed by atoms with E-state index in [1.807, 2.05) is 0 Å². The highest BCUT2D eigenvalue weighted by Crippen LogP contribution is 2.31. The zero-order valence-electron chi connectivity index (χ0n) is 10.9. The van der Waals surface area contributed by atoms with Crippen LogP contribution < -0.4 is 5.43 Å². The summed E-state index contributed by atoms with van der Waals surface area (Å²) in [7, 11) is 0. The number of hydrogen-bond acceptors (Lipinski definition) is 5. The van der Waals surface area contributed by atoms with E-state index in [4.69, 9.17) is 4.42 Å². The number of carboxylic acids is 1. The van der Waals surface area contributed by atoms with Crippen molar-refractivity contribution in [1.82, 2.24) is 0 Å². The van der Waals surface area contributed by atoms with Gasteiger partial charge < -0.3 is 19.7 Å². The minimum Gasteiger partial charge on any atom is -0.508 e. The molecule has 2 aromatic carbocycles. The van der Waals surface area contributed by atoms with Gasteiger partial charge in [-0.1, -0.05) is 0 Å². The fourth-order valence-corrected chi connectivity index (χ4v) is 2.38. The van der Waals surface area contributed by atoms with Gasteiger partial charge in [0.2, 0.25) is 5.43 Å². The number of phenolic OH excluding ortho intramolecular Hbond substituents is 2. The molecule has 1 aromatic heterocycles. The molecular formula is C15H10O6. The van der Waals surface area contributed by atoms with E-state index in [2.05, 4.69) is 0 Å². The molecule has 106 valence electrons. The van der Waals surface area contributed by atoms with Crippen molar-refractivity contribution in [3.63, 3.8) is 0 Å². The van der Waals surface area contributed by atoms with Gasteiger partial charge in [0.15, 0.2) is 0 Å². The molecule has 0 aliphatic carbocycles. The van der Waals surface area contributed by atoms with E-state index >= 15 is 0 Å². The Balaban J connectivity index is 2.64. The predicted molar refractivity (Wildman–Crippen MR) is 75.0 cm³/mol. The summed E-state index contributed by atoms with van der Waals surface area (Å²) in [5.41, 5.74) is -0.136. The molecule has 0 unspecified atom stereocenters. The van der Waals surface area contributed by atoms with E-state index in [-0.39, 0.29) is 33.3 Å². The summed E-state index contributed by atoms with van der Waals surface area (Å²) in [5, 5.41) is 28.2. The Labute approximate surface area is 117 Å². The molecule has 0 aliphatic heterocycles. The molecule has 0 fully saturated rings. The number of carbonyl (C=O) groups is 1. The van der Waals surface area contributed by atoms with E-state index in [1.54, 1.807) is 6.92 Å². The minimum atomic E-state index is -1.26. The van der Waals surface area contributed by atoms with Crippen molar-refractivity contribution in [3.8, 4) is 11.5 Å². The Hall–Kier alpha value is -3.02. The fraction of sp³-hybridized carbons (Fsp3) is 0.0667. The maximum atomic E-state index is 12.5. The topological polar surface area (TPSA) is 108 Å². The summed E-state index contributed by atoms with van der Waals surface area (Å²) in [4.78, 5) is 23.8. The van der Waals surface area contributed by atoms with Crippen molar-refractivity contribution < 1.29 is 24.5 Å². The first-order valence-corrected chi connectivity index (χ1v) is 6.05. The molecule has 6 heteroatoms. The fourth-order valence-electron chi connectivity index (χ4n) is 2.38. The van der Waals surface area contributed by atoms with Gasteiger partial charge in [0.1, 0.15) is 28.1 Å². The molecule has 3 aromatic rings. The first kappa shape index (κ1) is 13.0. The zero-order valence-corrected chi connectivity index (χ0v) is 10.9. The molecule has 0 amide bonds.